The van der Waals surface area contributed by atoms with Gasteiger partial charge in [-0.2, -0.15) is 0 Å². The van der Waals surface area contributed by atoms with Crippen molar-refractivity contribution < 1.29 is 5.11 Å². The van der Waals surface area contributed by atoms with E-state index in [0.29, 0.717) is 0 Å². The van der Waals surface area contributed by atoms with Crippen LogP contribution < -0.4 is 0 Å². The zero-order valence-electron chi connectivity index (χ0n) is 10.2. The second kappa shape index (κ2) is 5.69. The predicted octanol–water partition coefficient (Wildman–Crippen LogP) is 3.17. The van der Waals surface area contributed by atoms with Gasteiger partial charge >= 0.3 is 0 Å². The van der Waals surface area contributed by atoms with Crippen LogP contribution in [0.15, 0.2) is 48.8 Å². The molecule has 1 unspecified atom stereocenters. The van der Waals surface area contributed by atoms with Crippen LogP contribution in [0.3, 0.4) is 0 Å². The van der Waals surface area contributed by atoms with Gasteiger partial charge in [-0.1, -0.05) is 37.3 Å². The summed E-state index contributed by atoms with van der Waals surface area (Å²) >= 11 is 0. The van der Waals surface area contributed by atoms with Gasteiger partial charge in [-0.15, -0.1) is 0 Å². The first kappa shape index (κ1) is 11.9. The maximum absolute atomic E-state index is 9.71. The number of hydrogen-bond acceptors (Lipinski definition) is 1. The molecule has 0 aliphatic rings. The van der Waals surface area contributed by atoms with Crippen LogP contribution in [0.2, 0.25) is 0 Å². The fraction of sp³-hybridized carbons (Fsp3) is 0.333. The minimum Gasteiger partial charge on any atom is -0.388 e. The molecule has 2 rings (SSSR count). The van der Waals surface area contributed by atoms with Crippen LogP contribution in [0.5, 0.6) is 0 Å². The van der Waals surface area contributed by atoms with Crippen molar-refractivity contribution >= 4 is 0 Å². The summed E-state index contributed by atoms with van der Waals surface area (Å²) in [5.74, 6) is 0. The molecular formula is C15H19NO. The van der Waals surface area contributed by atoms with Crippen LogP contribution in [0, 0.1) is 0 Å². The van der Waals surface area contributed by atoms with Gasteiger partial charge in [-0.05, 0) is 30.0 Å². The van der Waals surface area contributed by atoms with E-state index in [2.05, 4.69) is 28.8 Å². The zero-order chi connectivity index (χ0) is 12.1. The lowest BCUT2D eigenvalue weighted by Gasteiger charge is -2.05. The molecule has 17 heavy (non-hydrogen) atoms. The fourth-order valence-corrected chi connectivity index (χ4v) is 1.93. The molecule has 2 nitrogen and oxygen atoms in total. The molecule has 2 aromatic rings. The van der Waals surface area contributed by atoms with E-state index in [0.717, 1.165) is 24.9 Å². The minimum absolute atomic E-state index is 0.326. The lowest BCUT2D eigenvalue weighted by atomic mass is 10.1. The fourth-order valence-electron chi connectivity index (χ4n) is 1.93. The minimum atomic E-state index is -0.326. The summed E-state index contributed by atoms with van der Waals surface area (Å²) in [7, 11) is 0. The third-order valence-corrected chi connectivity index (χ3v) is 3.05. The van der Waals surface area contributed by atoms with Crippen molar-refractivity contribution in [2.75, 3.05) is 0 Å². The maximum Gasteiger partial charge on any atom is 0.0802 e. The van der Waals surface area contributed by atoms with Gasteiger partial charge in [0, 0.05) is 18.9 Å². The molecule has 0 saturated carbocycles. The number of benzene rings is 1. The summed E-state index contributed by atoms with van der Waals surface area (Å²) in [5, 5.41) is 9.71. The van der Waals surface area contributed by atoms with E-state index in [1.807, 2.05) is 31.5 Å². The molecule has 1 aromatic heterocycles. The third kappa shape index (κ3) is 3.21. The number of rotatable bonds is 5. The topological polar surface area (TPSA) is 25.2 Å². The molecule has 0 aliphatic carbocycles. The first-order valence-corrected chi connectivity index (χ1v) is 6.17. The SMILES string of the molecule is CCC(O)c1ccn(CCc2ccccc2)c1. The predicted molar refractivity (Wildman–Crippen MR) is 69.8 cm³/mol. The van der Waals surface area contributed by atoms with Gasteiger partial charge < -0.3 is 9.67 Å². The van der Waals surface area contributed by atoms with Gasteiger partial charge in [0.2, 0.25) is 0 Å². The summed E-state index contributed by atoms with van der Waals surface area (Å²) in [5.41, 5.74) is 2.36. The van der Waals surface area contributed by atoms with Gasteiger partial charge in [-0.3, -0.25) is 0 Å². The number of nitrogens with zero attached hydrogens (tertiary/aromatic N) is 1. The molecule has 0 bridgehead atoms. The second-order valence-electron chi connectivity index (χ2n) is 4.34. The average molecular weight is 229 g/mol. The van der Waals surface area contributed by atoms with Crippen molar-refractivity contribution in [2.45, 2.75) is 32.4 Å². The molecule has 1 aromatic carbocycles. The summed E-state index contributed by atoms with van der Waals surface area (Å²) in [4.78, 5) is 0. The monoisotopic (exact) mass is 229 g/mol. The Morgan fingerprint density at radius 1 is 1.18 bits per heavy atom. The maximum atomic E-state index is 9.71. The Labute approximate surface area is 103 Å². The Morgan fingerprint density at radius 3 is 2.65 bits per heavy atom. The van der Waals surface area contributed by atoms with Gasteiger partial charge in [-0.25, -0.2) is 0 Å². The number of aliphatic hydroxyl groups is 1. The summed E-state index contributed by atoms with van der Waals surface area (Å²) in [6, 6.07) is 12.5. The molecule has 0 spiro atoms. The number of aryl methyl sites for hydroxylation is 2. The lowest BCUT2D eigenvalue weighted by Crippen LogP contribution is -1.99. The van der Waals surface area contributed by atoms with Crippen LogP contribution in [0.25, 0.3) is 0 Å². The summed E-state index contributed by atoms with van der Waals surface area (Å²) < 4.78 is 2.14. The van der Waals surface area contributed by atoms with Crippen molar-refractivity contribution in [3.63, 3.8) is 0 Å². The van der Waals surface area contributed by atoms with Crippen molar-refractivity contribution in [1.29, 1.82) is 0 Å². The Kier molecular flexibility index (Phi) is 3.99. The van der Waals surface area contributed by atoms with Crippen molar-refractivity contribution in [3.05, 3.63) is 59.9 Å². The van der Waals surface area contributed by atoms with E-state index in [4.69, 9.17) is 0 Å². The molecule has 1 N–H and O–H groups in total. The Bertz CT molecular complexity index is 447. The number of aromatic nitrogens is 1. The Hall–Kier alpha value is -1.54. The van der Waals surface area contributed by atoms with E-state index in [9.17, 15) is 5.11 Å². The lowest BCUT2D eigenvalue weighted by molar-refractivity contribution is 0.173. The highest BCUT2D eigenvalue weighted by molar-refractivity contribution is 5.16. The van der Waals surface area contributed by atoms with E-state index >= 15 is 0 Å². The molecule has 90 valence electrons. The molecule has 2 heteroatoms. The summed E-state index contributed by atoms with van der Waals surface area (Å²) in [6.07, 6.45) is 5.54. The molecule has 0 aliphatic heterocycles. The first-order chi connectivity index (χ1) is 8.29. The quantitative estimate of drug-likeness (QED) is 0.837. The third-order valence-electron chi connectivity index (χ3n) is 3.05. The van der Waals surface area contributed by atoms with Crippen LogP contribution >= 0.6 is 0 Å². The first-order valence-electron chi connectivity index (χ1n) is 6.17. The van der Waals surface area contributed by atoms with Gasteiger partial charge in [0.05, 0.1) is 6.10 Å². The molecule has 0 saturated heterocycles. The molecule has 0 fully saturated rings. The van der Waals surface area contributed by atoms with Crippen LogP contribution in [-0.2, 0) is 13.0 Å². The smallest absolute Gasteiger partial charge is 0.0802 e. The van der Waals surface area contributed by atoms with E-state index in [1.54, 1.807) is 0 Å². The van der Waals surface area contributed by atoms with Crippen LogP contribution in [-0.4, -0.2) is 9.67 Å². The van der Waals surface area contributed by atoms with E-state index < -0.39 is 0 Å². The molecule has 1 atom stereocenters. The van der Waals surface area contributed by atoms with E-state index in [1.165, 1.54) is 5.56 Å². The number of aliphatic hydroxyl groups excluding tert-OH is 1. The Morgan fingerprint density at radius 2 is 1.94 bits per heavy atom. The van der Waals surface area contributed by atoms with Gasteiger partial charge in [0.1, 0.15) is 0 Å². The highest BCUT2D eigenvalue weighted by Gasteiger charge is 2.05. The number of hydrogen-bond donors (Lipinski definition) is 1. The van der Waals surface area contributed by atoms with Gasteiger partial charge in [0.25, 0.3) is 0 Å². The van der Waals surface area contributed by atoms with Gasteiger partial charge in [0.15, 0.2) is 0 Å². The largest absolute Gasteiger partial charge is 0.388 e. The molecule has 1 heterocycles. The molecule has 0 amide bonds. The standard InChI is InChI=1S/C15H19NO/c1-2-15(17)14-9-11-16(12-14)10-8-13-6-4-3-5-7-13/h3-7,9,11-12,15,17H,2,8,10H2,1H3. The highest BCUT2D eigenvalue weighted by Crippen LogP contribution is 2.16. The average Bonchev–Trinajstić information content (AvgIpc) is 2.85. The van der Waals surface area contributed by atoms with Crippen molar-refractivity contribution in [3.8, 4) is 0 Å². The Balaban J connectivity index is 1.94. The van der Waals surface area contributed by atoms with E-state index in [-0.39, 0.29) is 6.10 Å². The van der Waals surface area contributed by atoms with Crippen molar-refractivity contribution in [2.24, 2.45) is 0 Å². The molecule has 0 radical (unpaired) electrons. The highest BCUT2D eigenvalue weighted by atomic mass is 16.3. The molecular weight excluding hydrogens is 210 g/mol. The van der Waals surface area contributed by atoms with Crippen LogP contribution in [0.1, 0.15) is 30.6 Å². The van der Waals surface area contributed by atoms with Crippen LogP contribution in [0.4, 0.5) is 0 Å². The van der Waals surface area contributed by atoms with Crippen molar-refractivity contribution in [1.82, 2.24) is 4.57 Å². The second-order valence-corrected chi connectivity index (χ2v) is 4.34. The zero-order valence-corrected chi connectivity index (χ0v) is 10.2. The summed E-state index contributed by atoms with van der Waals surface area (Å²) in [6.45, 7) is 2.95. The normalized spacial score (nSPS) is 12.6.